The van der Waals surface area contributed by atoms with E-state index in [-0.39, 0.29) is 6.01 Å². The number of nitrogen functional groups attached to an aromatic ring is 2. The molecule has 23 heavy (non-hydrogen) atoms. The highest BCUT2D eigenvalue weighted by atomic mass is 16.4. The van der Waals surface area contributed by atoms with Crippen molar-refractivity contribution in [1.82, 2.24) is 24.7 Å². The molecular weight excluding hydrogens is 294 g/mol. The fourth-order valence-corrected chi connectivity index (χ4v) is 2.86. The van der Waals surface area contributed by atoms with E-state index in [0.717, 1.165) is 35.1 Å². The first kappa shape index (κ1) is 12.4. The fourth-order valence-electron chi connectivity index (χ4n) is 2.86. The van der Waals surface area contributed by atoms with Crippen molar-refractivity contribution in [2.75, 3.05) is 11.5 Å². The minimum Gasteiger partial charge on any atom is -0.424 e. The SMILES string of the molecule is Nc1nc2cc(-c3nn(C4CC4)c4ncnc(N)c34)ccc2o1. The molecule has 3 heterocycles. The van der Waals surface area contributed by atoms with E-state index in [2.05, 4.69) is 15.0 Å². The van der Waals surface area contributed by atoms with Gasteiger partial charge in [-0.3, -0.25) is 0 Å². The molecule has 1 aliphatic rings. The highest BCUT2D eigenvalue weighted by molar-refractivity contribution is 5.99. The third-order valence-electron chi connectivity index (χ3n) is 4.09. The van der Waals surface area contributed by atoms with Gasteiger partial charge in [0.05, 0.1) is 11.4 Å². The monoisotopic (exact) mass is 307 g/mol. The average molecular weight is 307 g/mol. The van der Waals surface area contributed by atoms with Gasteiger partial charge in [0, 0.05) is 5.56 Å². The molecule has 0 amide bonds. The number of fused-ring (bicyclic) bond motifs is 2. The summed E-state index contributed by atoms with van der Waals surface area (Å²) in [5.41, 5.74) is 15.4. The van der Waals surface area contributed by atoms with Crippen LogP contribution in [-0.2, 0) is 0 Å². The lowest BCUT2D eigenvalue weighted by Gasteiger charge is -1.99. The summed E-state index contributed by atoms with van der Waals surface area (Å²) in [6, 6.07) is 6.18. The van der Waals surface area contributed by atoms with Gasteiger partial charge in [-0.2, -0.15) is 10.1 Å². The molecule has 0 spiro atoms. The summed E-state index contributed by atoms with van der Waals surface area (Å²) >= 11 is 0. The Labute approximate surface area is 130 Å². The van der Waals surface area contributed by atoms with Gasteiger partial charge < -0.3 is 15.9 Å². The second-order valence-corrected chi connectivity index (χ2v) is 5.72. The molecule has 0 radical (unpaired) electrons. The van der Waals surface area contributed by atoms with Crippen LogP contribution in [0.15, 0.2) is 28.9 Å². The lowest BCUT2D eigenvalue weighted by atomic mass is 10.1. The van der Waals surface area contributed by atoms with Gasteiger partial charge in [0.25, 0.3) is 6.01 Å². The van der Waals surface area contributed by atoms with Gasteiger partial charge in [-0.25, -0.2) is 14.6 Å². The van der Waals surface area contributed by atoms with E-state index in [9.17, 15) is 0 Å². The number of nitrogens with zero attached hydrogens (tertiary/aromatic N) is 5. The third kappa shape index (κ3) is 1.78. The third-order valence-corrected chi connectivity index (χ3v) is 4.09. The molecule has 0 saturated heterocycles. The Bertz CT molecular complexity index is 1060. The zero-order valence-electron chi connectivity index (χ0n) is 12.1. The topological polar surface area (TPSA) is 122 Å². The van der Waals surface area contributed by atoms with Crippen molar-refractivity contribution >= 4 is 34.0 Å². The molecule has 114 valence electrons. The zero-order valence-corrected chi connectivity index (χ0v) is 12.1. The molecule has 8 nitrogen and oxygen atoms in total. The van der Waals surface area contributed by atoms with Crippen LogP contribution in [0, 0.1) is 0 Å². The van der Waals surface area contributed by atoms with E-state index in [4.69, 9.17) is 21.0 Å². The Morgan fingerprint density at radius 1 is 1.17 bits per heavy atom. The Morgan fingerprint density at radius 3 is 2.87 bits per heavy atom. The number of aromatic nitrogens is 5. The van der Waals surface area contributed by atoms with Gasteiger partial charge in [-0.05, 0) is 31.0 Å². The van der Waals surface area contributed by atoms with Crippen molar-refractivity contribution in [1.29, 1.82) is 0 Å². The van der Waals surface area contributed by atoms with Crippen LogP contribution in [0.3, 0.4) is 0 Å². The van der Waals surface area contributed by atoms with Gasteiger partial charge in [-0.15, -0.1) is 0 Å². The summed E-state index contributed by atoms with van der Waals surface area (Å²) < 4.78 is 7.26. The van der Waals surface area contributed by atoms with Crippen molar-refractivity contribution < 1.29 is 4.42 Å². The molecule has 4 N–H and O–H groups in total. The molecule has 1 aliphatic carbocycles. The second kappa shape index (κ2) is 4.19. The zero-order chi connectivity index (χ0) is 15.6. The van der Waals surface area contributed by atoms with Crippen LogP contribution in [0.4, 0.5) is 11.8 Å². The standard InChI is InChI=1S/C15H13N7O/c16-13-11-12(7-1-4-10-9(5-7)20-15(17)23-10)21-22(8-2-3-8)14(11)19-6-18-13/h1,4-6,8H,2-3H2,(H2,17,20)(H2,16,18,19). The molecule has 0 aliphatic heterocycles. The number of nitrogens with two attached hydrogens (primary N) is 2. The lowest BCUT2D eigenvalue weighted by Crippen LogP contribution is -1.98. The van der Waals surface area contributed by atoms with Gasteiger partial charge >= 0.3 is 0 Å². The van der Waals surface area contributed by atoms with Crippen LogP contribution in [0.5, 0.6) is 0 Å². The van der Waals surface area contributed by atoms with E-state index in [1.165, 1.54) is 6.33 Å². The largest absolute Gasteiger partial charge is 0.424 e. The minimum absolute atomic E-state index is 0.147. The number of anilines is 2. The van der Waals surface area contributed by atoms with Gasteiger partial charge in [0.15, 0.2) is 11.2 Å². The molecule has 1 fully saturated rings. The molecule has 1 aromatic carbocycles. The van der Waals surface area contributed by atoms with Crippen molar-refractivity contribution in [3.8, 4) is 11.3 Å². The first-order valence-corrected chi connectivity index (χ1v) is 7.36. The maximum Gasteiger partial charge on any atom is 0.292 e. The number of benzene rings is 1. The highest BCUT2D eigenvalue weighted by Gasteiger charge is 2.29. The molecular formula is C15H13N7O. The predicted octanol–water partition coefficient (Wildman–Crippen LogP) is 2.13. The van der Waals surface area contributed by atoms with Crippen LogP contribution in [0.1, 0.15) is 18.9 Å². The van der Waals surface area contributed by atoms with Crippen LogP contribution < -0.4 is 11.5 Å². The highest BCUT2D eigenvalue weighted by Crippen LogP contribution is 2.40. The molecule has 4 aromatic rings. The number of hydrogen-bond donors (Lipinski definition) is 2. The number of oxazole rings is 1. The Kier molecular flexibility index (Phi) is 2.26. The second-order valence-electron chi connectivity index (χ2n) is 5.72. The van der Waals surface area contributed by atoms with E-state index in [0.29, 0.717) is 23.0 Å². The van der Waals surface area contributed by atoms with E-state index in [1.54, 1.807) is 0 Å². The number of rotatable bonds is 2. The maximum atomic E-state index is 6.09. The van der Waals surface area contributed by atoms with Crippen molar-refractivity contribution in [2.45, 2.75) is 18.9 Å². The molecule has 8 heteroatoms. The van der Waals surface area contributed by atoms with Crippen molar-refractivity contribution in [2.24, 2.45) is 0 Å². The molecule has 5 rings (SSSR count). The summed E-state index contributed by atoms with van der Waals surface area (Å²) in [5, 5.41) is 5.51. The molecule has 0 unspecified atom stereocenters. The smallest absolute Gasteiger partial charge is 0.292 e. The van der Waals surface area contributed by atoms with Crippen molar-refractivity contribution in [3.63, 3.8) is 0 Å². The first-order valence-electron chi connectivity index (χ1n) is 7.36. The molecule has 0 bridgehead atoms. The van der Waals surface area contributed by atoms with Crippen LogP contribution in [-0.4, -0.2) is 24.7 Å². The average Bonchev–Trinajstić information content (AvgIpc) is 3.19. The van der Waals surface area contributed by atoms with Crippen LogP contribution in [0.2, 0.25) is 0 Å². The minimum atomic E-state index is 0.147. The van der Waals surface area contributed by atoms with E-state index < -0.39 is 0 Å². The van der Waals surface area contributed by atoms with Gasteiger partial charge in [0.1, 0.15) is 23.4 Å². The van der Waals surface area contributed by atoms with Crippen LogP contribution in [0.25, 0.3) is 33.4 Å². The Hall–Kier alpha value is -3.16. The first-order chi connectivity index (χ1) is 11.2. The van der Waals surface area contributed by atoms with Gasteiger partial charge in [0.2, 0.25) is 0 Å². The van der Waals surface area contributed by atoms with Gasteiger partial charge in [-0.1, -0.05) is 0 Å². The maximum absolute atomic E-state index is 6.09. The summed E-state index contributed by atoms with van der Waals surface area (Å²) in [4.78, 5) is 12.7. The Morgan fingerprint density at radius 2 is 2.04 bits per heavy atom. The van der Waals surface area contributed by atoms with E-state index >= 15 is 0 Å². The number of hydrogen-bond acceptors (Lipinski definition) is 7. The summed E-state index contributed by atoms with van der Waals surface area (Å²) in [5.74, 6) is 0.427. The molecule has 3 aromatic heterocycles. The summed E-state index contributed by atoms with van der Waals surface area (Å²) in [6.45, 7) is 0. The quantitative estimate of drug-likeness (QED) is 0.581. The lowest BCUT2D eigenvalue weighted by molar-refractivity contribution is 0.626. The normalized spacial score (nSPS) is 14.8. The van der Waals surface area contributed by atoms with Crippen LogP contribution >= 0.6 is 0 Å². The van der Waals surface area contributed by atoms with E-state index in [1.807, 2.05) is 22.9 Å². The predicted molar refractivity (Wildman–Crippen MR) is 85.4 cm³/mol. The molecule has 0 atom stereocenters. The van der Waals surface area contributed by atoms with Crippen molar-refractivity contribution in [3.05, 3.63) is 24.5 Å². The summed E-state index contributed by atoms with van der Waals surface area (Å²) in [7, 11) is 0. The fraction of sp³-hybridized carbons (Fsp3) is 0.200. The molecule has 1 saturated carbocycles. The summed E-state index contributed by atoms with van der Waals surface area (Å²) in [6.07, 6.45) is 3.70. The Balaban J connectivity index is 1.80.